The largest absolute Gasteiger partial charge is 0.480 e. The molecule has 0 spiro atoms. The SMILES string of the molecule is O=C(CNc1ccccc1[N+](=O)[O-])NC(C(=O)O)C1CC1. The lowest BCUT2D eigenvalue weighted by molar-refractivity contribution is -0.383. The van der Waals surface area contributed by atoms with Crippen LogP contribution in [0, 0.1) is 16.0 Å². The number of hydrogen-bond donors (Lipinski definition) is 3. The van der Waals surface area contributed by atoms with Crippen molar-refractivity contribution >= 4 is 23.3 Å². The third-order valence-corrected chi connectivity index (χ3v) is 3.22. The van der Waals surface area contributed by atoms with Gasteiger partial charge < -0.3 is 15.7 Å². The molecule has 8 nitrogen and oxygen atoms in total. The summed E-state index contributed by atoms with van der Waals surface area (Å²) in [6, 6.07) is 5.06. The van der Waals surface area contributed by atoms with Gasteiger partial charge in [-0.15, -0.1) is 0 Å². The van der Waals surface area contributed by atoms with E-state index in [0.717, 1.165) is 12.8 Å². The van der Waals surface area contributed by atoms with Crippen molar-refractivity contribution in [2.75, 3.05) is 11.9 Å². The molecular formula is C13H15N3O5. The van der Waals surface area contributed by atoms with Crippen LogP contribution in [-0.2, 0) is 9.59 Å². The van der Waals surface area contributed by atoms with E-state index >= 15 is 0 Å². The standard InChI is InChI=1S/C13H15N3O5/c17-11(15-12(13(18)19)8-5-6-8)7-14-9-3-1-2-4-10(9)16(20)21/h1-4,8,12,14H,5-7H2,(H,15,17)(H,18,19). The topological polar surface area (TPSA) is 122 Å². The molecule has 0 saturated heterocycles. The molecule has 0 aliphatic heterocycles. The first-order chi connectivity index (χ1) is 9.99. The van der Waals surface area contributed by atoms with E-state index in [-0.39, 0.29) is 23.8 Å². The highest BCUT2D eigenvalue weighted by Gasteiger charge is 2.37. The van der Waals surface area contributed by atoms with Crippen molar-refractivity contribution in [2.24, 2.45) is 5.92 Å². The van der Waals surface area contributed by atoms with Gasteiger partial charge in [0.15, 0.2) is 0 Å². The molecule has 0 heterocycles. The van der Waals surface area contributed by atoms with E-state index in [2.05, 4.69) is 10.6 Å². The van der Waals surface area contributed by atoms with Crippen molar-refractivity contribution in [3.05, 3.63) is 34.4 Å². The summed E-state index contributed by atoms with van der Waals surface area (Å²) in [7, 11) is 0. The smallest absolute Gasteiger partial charge is 0.326 e. The molecule has 1 amide bonds. The van der Waals surface area contributed by atoms with Crippen molar-refractivity contribution in [2.45, 2.75) is 18.9 Å². The lowest BCUT2D eigenvalue weighted by Gasteiger charge is -2.14. The minimum atomic E-state index is -1.06. The summed E-state index contributed by atoms with van der Waals surface area (Å²) in [5, 5.41) is 24.9. The molecule has 21 heavy (non-hydrogen) atoms. The van der Waals surface area contributed by atoms with Crippen molar-refractivity contribution in [3.8, 4) is 0 Å². The van der Waals surface area contributed by atoms with Crippen molar-refractivity contribution in [3.63, 3.8) is 0 Å². The molecule has 1 unspecified atom stereocenters. The van der Waals surface area contributed by atoms with Crippen molar-refractivity contribution in [1.82, 2.24) is 5.32 Å². The van der Waals surface area contributed by atoms with E-state index < -0.39 is 22.8 Å². The van der Waals surface area contributed by atoms with Crippen LogP contribution in [0.25, 0.3) is 0 Å². The molecule has 1 saturated carbocycles. The number of aliphatic carboxylic acids is 1. The maximum atomic E-state index is 11.7. The highest BCUT2D eigenvalue weighted by atomic mass is 16.6. The first-order valence-electron chi connectivity index (χ1n) is 6.48. The number of nitro groups is 1. The molecule has 1 aliphatic rings. The number of para-hydroxylation sites is 2. The van der Waals surface area contributed by atoms with Gasteiger partial charge >= 0.3 is 5.97 Å². The highest BCUT2D eigenvalue weighted by Crippen LogP contribution is 2.32. The molecule has 8 heteroatoms. The Morgan fingerprint density at radius 1 is 1.38 bits per heavy atom. The first-order valence-corrected chi connectivity index (χ1v) is 6.48. The number of carbonyl (C=O) groups is 2. The van der Waals surface area contributed by atoms with Gasteiger partial charge in [0, 0.05) is 6.07 Å². The van der Waals surface area contributed by atoms with Crippen molar-refractivity contribution in [1.29, 1.82) is 0 Å². The van der Waals surface area contributed by atoms with Crippen LogP contribution in [0.4, 0.5) is 11.4 Å². The normalized spacial score (nSPS) is 15.0. The van der Waals surface area contributed by atoms with Gasteiger partial charge in [-0.25, -0.2) is 4.79 Å². The summed E-state index contributed by atoms with van der Waals surface area (Å²) >= 11 is 0. The van der Waals surface area contributed by atoms with Crippen LogP contribution in [0.3, 0.4) is 0 Å². The van der Waals surface area contributed by atoms with Gasteiger partial charge in [-0.3, -0.25) is 14.9 Å². The molecule has 112 valence electrons. The Bertz CT molecular complexity index is 571. The van der Waals surface area contributed by atoms with Crippen LogP contribution in [0.2, 0.25) is 0 Å². The number of amides is 1. The molecule has 2 rings (SSSR count). The molecule has 1 atom stereocenters. The van der Waals surface area contributed by atoms with E-state index in [1.165, 1.54) is 18.2 Å². The summed E-state index contributed by atoms with van der Waals surface area (Å²) in [4.78, 5) is 33.0. The number of carbonyl (C=O) groups excluding carboxylic acids is 1. The van der Waals surface area contributed by atoms with Crippen LogP contribution in [0.15, 0.2) is 24.3 Å². The van der Waals surface area contributed by atoms with E-state index in [1.807, 2.05) is 0 Å². The highest BCUT2D eigenvalue weighted by molar-refractivity contribution is 5.87. The number of anilines is 1. The molecule has 3 N–H and O–H groups in total. The Kier molecular flexibility index (Phi) is 4.36. The number of nitrogens with zero attached hydrogens (tertiary/aromatic N) is 1. The van der Waals surface area contributed by atoms with Crippen LogP contribution in [0.1, 0.15) is 12.8 Å². The summed E-state index contributed by atoms with van der Waals surface area (Å²) in [5.41, 5.74) is 0.0817. The Labute approximate surface area is 120 Å². The number of carboxylic acid groups (broad SMARTS) is 1. The number of rotatable bonds is 7. The Morgan fingerprint density at radius 3 is 2.62 bits per heavy atom. The predicted octanol–water partition coefficient (Wildman–Crippen LogP) is 0.986. The monoisotopic (exact) mass is 293 g/mol. The maximum Gasteiger partial charge on any atom is 0.326 e. The van der Waals surface area contributed by atoms with Gasteiger partial charge in [-0.2, -0.15) is 0 Å². The third kappa shape index (κ3) is 3.91. The number of carboxylic acids is 1. The second kappa shape index (κ2) is 6.21. The molecule has 1 aliphatic carbocycles. The van der Waals surface area contributed by atoms with Crippen LogP contribution in [0.5, 0.6) is 0 Å². The van der Waals surface area contributed by atoms with Crippen LogP contribution < -0.4 is 10.6 Å². The quantitative estimate of drug-likeness (QED) is 0.509. The second-order valence-electron chi connectivity index (χ2n) is 4.85. The lowest BCUT2D eigenvalue weighted by Crippen LogP contribution is -2.44. The third-order valence-electron chi connectivity index (χ3n) is 3.22. The first kappa shape index (κ1) is 14.8. The summed E-state index contributed by atoms with van der Waals surface area (Å²) in [6.07, 6.45) is 1.57. The molecule has 0 bridgehead atoms. The van der Waals surface area contributed by atoms with Gasteiger partial charge in [0.2, 0.25) is 5.91 Å². The van der Waals surface area contributed by atoms with Crippen LogP contribution in [-0.4, -0.2) is 34.5 Å². The van der Waals surface area contributed by atoms with E-state index in [0.29, 0.717) is 0 Å². The van der Waals surface area contributed by atoms with Crippen molar-refractivity contribution < 1.29 is 19.6 Å². The van der Waals surface area contributed by atoms with Gasteiger partial charge in [0.05, 0.1) is 11.5 Å². The second-order valence-corrected chi connectivity index (χ2v) is 4.85. The molecule has 0 radical (unpaired) electrons. The zero-order chi connectivity index (χ0) is 15.4. The van der Waals surface area contributed by atoms with Crippen LogP contribution >= 0.6 is 0 Å². The summed E-state index contributed by atoms with van der Waals surface area (Å²) < 4.78 is 0. The number of hydrogen-bond acceptors (Lipinski definition) is 5. The van der Waals surface area contributed by atoms with Gasteiger partial charge in [0.1, 0.15) is 11.7 Å². The zero-order valence-electron chi connectivity index (χ0n) is 11.1. The van der Waals surface area contributed by atoms with E-state index in [1.54, 1.807) is 6.07 Å². The predicted molar refractivity (Wildman–Crippen MR) is 73.9 cm³/mol. The molecule has 1 aromatic carbocycles. The fourth-order valence-corrected chi connectivity index (χ4v) is 1.99. The number of benzene rings is 1. The Hall–Kier alpha value is -2.64. The van der Waals surface area contributed by atoms with E-state index in [9.17, 15) is 19.7 Å². The van der Waals surface area contributed by atoms with Gasteiger partial charge in [0.25, 0.3) is 5.69 Å². The number of nitrogens with one attached hydrogen (secondary N) is 2. The fourth-order valence-electron chi connectivity index (χ4n) is 1.99. The Balaban J connectivity index is 1.92. The number of nitro benzene ring substituents is 1. The molecule has 0 aromatic heterocycles. The average molecular weight is 293 g/mol. The van der Waals surface area contributed by atoms with Gasteiger partial charge in [-0.1, -0.05) is 12.1 Å². The van der Waals surface area contributed by atoms with E-state index in [4.69, 9.17) is 5.11 Å². The minimum absolute atomic E-state index is 0.0162. The summed E-state index contributed by atoms with van der Waals surface area (Å²) in [6.45, 7) is -0.221. The Morgan fingerprint density at radius 2 is 2.05 bits per heavy atom. The average Bonchev–Trinajstić information content (AvgIpc) is 3.26. The summed E-state index contributed by atoms with van der Waals surface area (Å²) in [5.74, 6) is -1.58. The fraction of sp³-hybridized carbons (Fsp3) is 0.385. The lowest BCUT2D eigenvalue weighted by atomic mass is 10.2. The zero-order valence-corrected chi connectivity index (χ0v) is 11.1. The molecular weight excluding hydrogens is 278 g/mol. The maximum absolute atomic E-state index is 11.7. The molecule has 1 fully saturated rings. The minimum Gasteiger partial charge on any atom is -0.480 e. The molecule has 1 aromatic rings. The van der Waals surface area contributed by atoms with Gasteiger partial charge in [-0.05, 0) is 24.8 Å².